The quantitative estimate of drug-likeness (QED) is 0.386. The second kappa shape index (κ2) is 10.6. The number of nitrogens with zero attached hydrogens (tertiary/aromatic N) is 1. The maximum atomic E-state index is 11.9. The van der Waals surface area contributed by atoms with Crippen LogP contribution in [-0.2, 0) is 10.5 Å². The molecule has 27 heavy (non-hydrogen) atoms. The summed E-state index contributed by atoms with van der Waals surface area (Å²) in [6.45, 7) is 3.95. The molecule has 0 bridgehead atoms. The van der Waals surface area contributed by atoms with Gasteiger partial charge in [0.25, 0.3) is 0 Å². The molecule has 0 unspecified atom stereocenters. The van der Waals surface area contributed by atoms with Crippen molar-refractivity contribution in [1.29, 1.82) is 0 Å². The van der Waals surface area contributed by atoms with E-state index in [1.807, 2.05) is 18.2 Å². The van der Waals surface area contributed by atoms with Crippen molar-refractivity contribution < 1.29 is 14.7 Å². The number of benzene rings is 1. The number of amides is 2. The number of carbonyl (C=O) groups is 2. The molecule has 1 heterocycles. The summed E-state index contributed by atoms with van der Waals surface area (Å²) < 4.78 is 0.873. The number of nitrogens with one attached hydrogen (secondary N) is 2. The Morgan fingerprint density at radius 3 is 2.70 bits per heavy atom. The van der Waals surface area contributed by atoms with E-state index in [4.69, 9.17) is 5.11 Å². The Labute approximate surface area is 171 Å². The first-order valence-electron chi connectivity index (χ1n) is 8.35. The zero-order valence-corrected chi connectivity index (χ0v) is 17.7. The average molecular weight is 426 g/mol. The minimum atomic E-state index is -0.831. The third kappa shape index (κ3) is 7.82. The van der Waals surface area contributed by atoms with E-state index in [2.05, 4.69) is 27.8 Å². The van der Waals surface area contributed by atoms with Gasteiger partial charge in [0.1, 0.15) is 0 Å². The fraction of sp³-hybridized carbons (Fsp3) is 0.389. The van der Waals surface area contributed by atoms with E-state index in [1.54, 1.807) is 31.8 Å². The number of thiazole rings is 1. The Balaban J connectivity index is 1.64. The van der Waals surface area contributed by atoms with E-state index in [9.17, 15) is 9.59 Å². The van der Waals surface area contributed by atoms with Crippen LogP contribution >= 0.6 is 34.9 Å². The van der Waals surface area contributed by atoms with Crippen molar-refractivity contribution >= 4 is 52.0 Å². The Kier molecular flexibility index (Phi) is 8.46. The lowest BCUT2D eigenvalue weighted by Crippen LogP contribution is -2.30. The van der Waals surface area contributed by atoms with Gasteiger partial charge in [-0.3, -0.25) is 10.1 Å². The first-order valence-corrected chi connectivity index (χ1v) is 11.3. The van der Waals surface area contributed by atoms with Crippen LogP contribution in [0.15, 0.2) is 40.7 Å². The van der Waals surface area contributed by atoms with Crippen LogP contribution in [0.25, 0.3) is 0 Å². The highest BCUT2D eigenvalue weighted by molar-refractivity contribution is 8.01. The lowest BCUT2D eigenvalue weighted by atomic mass is 9.97. The monoisotopic (exact) mass is 425 g/mol. The average Bonchev–Trinajstić information content (AvgIpc) is 3.08. The molecule has 3 N–H and O–H groups in total. The molecular formula is C18H23N3O3S3. The van der Waals surface area contributed by atoms with Crippen LogP contribution < -0.4 is 10.6 Å². The van der Waals surface area contributed by atoms with Gasteiger partial charge in [0, 0.05) is 23.8 Å². The molecule has 9 heteroatoms. The predicted octanol–water partition coefficient (Wildman–Crippen LogP) is 4.40. The van der Waals surface area contributed by atoms with Crippen molar-refractivity contribution in [3.8, 4) is 0 Å². The summed E-state index contributed by atoms with van der Waals surface area (Å²) in [5, 5.41) is 15.2. The Morgan fingerprint density at radius 2 is 2.00 bits per heavy atom. The molecule has 0 aliphatic carbocycles. The molecule has 0 saturated heterocycles. The molecule has 0 radical (unpaired) electrons. The number of aromatic nitrogens is 1. The number of carboxylic acid groups (broad SMARTS) is 1. The third-order valence-electron chi connectivity index (χ3n) is 3.50. The summed E-state index contributed by atoms with van der Waals surface area (Å²) in [6.07, 6.45) is 1.65. The first-order chi connectivity index (χ1) is 12.9. The highest BCUT2D eigenvalue weighted by Crippen LogP contribution is 2.33. The number of hydrogen-bond acceptors (Lipinski definition) is 6. The lowest BCUT2D eigenvalue weighted by molar-refractivity contribution is -0.145. The number of aliphatic carboxylic acids is 1. The molecule has 0 fully saturated rings. The Hall–Kier alpha value is -1.71. The van der Waals surface area contributed by atoms with Gasteiger partial charge in [0.05, 0.1) is 15.8 Å². The summed E-state index contributed by atoms with van der Waals surface area (Å²) >= 11 is 4.53. The molecule has 1 aromatic carbocycles. The van der Waals surface area contributed by atoms with Crippen LogP contribution in [0.5, 0.6) is 0 Å². The molecule has 0 aliphatic rings. The van der Waals surface area contributed by atoms with Gasteiger partial charge in [-0.2, -0.15) is 11.8 Å². The largest absolute Gasteiger partial charge is 0.481 e. The number of thioether (sulfide) groups is 2. The third-order valence-corrected chi connectivity index (χ3v) is 7.10. The molecule has 1 aromatic heterocycles. The number of urea groups is 1. The van der Waals surface area contributed by atoms with E-state index in [1.165, 1.54) is 28.7 Å². The van der Waals surface area contributed by atoms with Crippen LogP contribution in [0, 0.1) is 5.41 Å². The van der Waals surface area contributed by atoms with E-state index in [-0.39, 0.29) is 6.03 Å². The van der Waals surface area contributed by atoms with E-state index in [0.717, 1.165) is 15.7 Å². The SMILES string of the molecule is CC(C)(CSc1cnc(NC(=O)NCCSCc2ccccc2)s1)C(=O)O. The van der Waals surface area contributed by atoms with E-state index < -0.39 is 11.4 Å². The smallest absolute Gasteiger partial charge is 0.321 e. The molecule has 0 saturated carbocycles. The first kappa shape index (κ1) is 21.6. The number of hydrogen-bond donors (Lipinski definition) is 3. The second-order valence-electron chi connectivity index (χ2n) is 6.38. The van der Waals surface area contributed by atoms with Crippen LogP contribution in [0.2, 0.25) is 0 Å². The Bertz CT molecular complexity index is 751. The van der Waals surface area contributed by atoms with Crippen molar-refractivity contribution in [3.63, 3.8) is 0 Å². The lowest BCUT2D eigenvalue weighted by Gasteiger charge is -2.17. The molecular weight excluding hydrogens is 402 g/mol. The fourth-order valence-electron chi connectivity index (χ4n) is 1.84. The molecule has 0 aliphatic heterocycles. The van der Waals surface area contributed by atoms with Crippen molar-refractivity contribution in [2.75, 3.05) is 23.4 Å². The predicted molar refractivity (Wildman–Crippen MR) is 114 cm³/mol. The van der Waals surface area contributed by atoms with Crippen molar-refractivity contribution in [3.05, 3.63) is 42.1 Å². The summed E-state index contributed by atoms with van der Waals surface area (Å²) in [6, 6.07) is 9.92. The van der Waals surface area contributed by atoms with Gasteiger partial charge in [0.2, 0.25) is 0 Å². The van der Waals surface area contributed by atoms with Gasteiger partial charge in [0.15, 0.2) is 5.13 Å². The van der Waals surface area contributed by atoms with Crippen molar-refractivity contribution in [2.45, 2.75) is 23.8 Å². The van der Waals surface area contributed by atoms with Crippen LogP contribution in [0.4, 0.5) is 9.93 Å². The second-order valence-corrected chi connectivity index (χ2v) is 9.79. The summed E-state index contributed by atoms with van der Waals surface area (Å²) in [4.78, 5) is 27.2. The summed E-state index contributed by atoms with van der Waals surface area (Å²) in [5.41, 5.74) is 0.461. The number of carboxylic acids is 1. The highest BCUT2D eigenvalue weighted by atomic mass is 32.2. The fourth-order valence-corrected chi connectivity index (χ4v) is 4.61. The number of carbonyl (C=O) groups excluding carboxylic acids is 1. The van der Waals surface area contributed by atoms with Crippen LogP contribution in [-0.4, -0.2) is 40.1 Å². The van der Waals surface area contributed by atoms with E-state index >= 15 is 0 Å². The zero-order valence-electron chi connectivity index (χ0n) is 15.2. The molecule has 2 amide bonds. The molecule has 0 spiro atoms. The van der Waals surface area contributed by atoms with Crippen LogP contribution in [0.1, 0.15) is 19.4 Å². The number of rotatable bonds is 10. The van der Waals surface area contributed by atoms with Gasteiger partial charge in [-0.1, -0.05) is 41.7 Å². The highest BCUT2D eigenvalue weighted by Gasteiger charge is 2.27. The summed E-state index contributed by atoms with van der Waals surface area (Å²) in [7, 11) is 0. The minimum Gasteiger partial charge on any atom is -0.481 e. The van der Waals surface area contributed by atoms with Gasteiger partial charge in [-0.15, -0.1) is 11.8 Å². The zero-order chi connectivity index (χ0) is 19.7. The van der Waals surface area contributed by atoms with Crippen molar-refractivity contribution in [1.82, 2.24) is 10.3 Å². The minimum absolute atomic E-state index is 0.285. The molecule has 146 valence electrons. The van der Waals surface area contributed by atoms with E-state index in [0.29, 0.717) is 17.4 Å². The standard InChI is InChI=1S/C18H23N3O3S3/c1-18(2,15(22)23)12-26-14-10-20-17(27-14)21-16(24)19-8-9-25-11-13-6-4-3-5-7-13/h3-7,10H,8-9,11-12H2,1-2H3,(H,22,23)(H2,19,20,21,24). The molecule has 2 rings (SSSR count). The van der Waals surface area contributed by atoms with Crippen LogP contribution in [0.3, 0.4) is 0 Å². The molecule has 0 atom stereocenters. The van der Waals surface area contributed by atoms with Crippen molar-refractivity contribution in [2.24, 2.45) is 5.41 Å². The normalized spacial score (nSPS) is 11.2. The molecule has 2 aromatic rings. The van der Waals surface area contributed by atoms with Gasteiger partial charge in [-0.05, 0) is 19.4 Å². The van der Waals surface area contributed by atoms with Gasteiger partial charge < -0.3 is 10.4 Å². The van der Waals surface area contributed by atoms with Gasteiger partial charge in [-0.25, -0.2) is 9.78 Å². The van der Waals surface area contributed by atoms with Gasteiger partial charge >= 0.3 is 12.0 Å². The maximum Gasteiger partial charge on any atom is 0.321 e. The maximum absolute atomic E-state index is 11.9. The Morgan fingerprint density at radius 1 is 1.26 bits per heavy atom. The number of anilines is 1. The topological polar surface area (TPSA) is 91.3 Å². The summed E-state index contributed by atoms with van der Waals surface area (Å²) in [5.74, 6) is 1.35. The molecule has 6 nitrogen and oxygen atoms in total.